The van der Waals surface area contributed by atoms with Gasteiger partial charge in [-0.05, 0) is 30.3 Å². The molecule has 2 heterocycles. The Morgan fingerprint density at radius 3 is 2.38 bits per heavy atom. The molecule has 1 fully saturated rings. The summed E-state index contributed by atoms with van der Waals surface area (Å²) in [6.07, 6.45) is -0.561. The van der Waals surface area contributed by atoms with Crippen LogP contribution in [0.4, 0.5) is 4.79 Å². The van der Waals surface area contributed by atoms with Crippen LogP contribution in [0.15, 0.2) is 53.5 Å². The van der Waals surface area contributed by atoms with Crippen molar-refractivity contribution in [1.82, 2.24) is 19.6 Å². The first-order valence-corrected chi connectivity index (χ1v) is 11.1. The number of carbonyl (C=O) groups is 2. The van der Waals surface area contributed by atoms with Gasteiger partial charge in [0.2, 0.25) is 0 Å². The topological polar surface area (TPSA) is 59.5 Å². The minimum Gasteiger partial charge on any atom is -0.339 e. The molecule has 0 saturated carbocycles. The largest absolute Gasteiger partial charge is 0.339 e. The molecule has 32 heavy (non-hydrogen) atoms. The molecule has 168 valence electrons. The van der Waals surface area contributed by atoms with Crippen LogP contribution in [0.5, 0.6) is 0 Å². The van der Waals surface area contributed by atoms with Gasteiger partial charge in [0, 0.05) is 27.2 Å². The maximum atomic E-state index is 13.1. The lowest BCUT2D eigenvalue weighted by Gasteiger charge is -2.40. The molecule has 9 heteroatoms. The number of nitrogens with zero attached hydrogens (tertiary/aromatic N) is 5. The van der Waals surface area contributed by atoms with Crippen LogP contribution in [0, 0.1) is 0 Å². The quantitative estimate of drug-likeness (QED) is 0.643. The molecule has 0 aliphatic carbocycles. The Kier molecular flexibility index (Phi) is 6.42. The molecule has 3 amide bonds. The summed E-state index contributed by atoms with van der Waals surface area (Å²) in [6, 6.07) is 14.7. The van der Waals surface area contributed by atoms with Crippen LogP contribution in [-0.2, 0) is 17.9 Å². The predicted molar refractivity (Wildman–Crippen MR) is 126 cm³/mol. The van der Waals surface area contributed by atoms with E-state index in [1.807, 2.05) is 36.2 Å². The van der Waals surface area contributed by atoms with E-state index in [1.54, 1.807) is 19.2 Å². The maximum absolute atomic E-state index is 13.1. The number of halogens is 2. The van der Waals surface area contributed by atoms with Crippen molar-refractivity contribution in [2.45, 2.75) is 25.3 Å². The normalized spacial score (nSPS) is 20.8. The number of hydrogen-bond acceptors (Lipinski definition) is 5. The SMILES string of the molecule is CN(CC1=NC2C(C(=O)N(C)C(=O)N2C)N1Cc1ccc(Cl)c(Cl)c1)Cc1ccccc1. The third-order valence-electron chi connectivity index (χ3n) is 5.84. The number of rotatable bonds is 6. The number of likely N-dealkylation sites (N-methyl/N-ethyl adjacent to an activating group) is 3. The molecule has 2 atom stereocenters. The highest BCUT2D eigenvalue weighted by Gasteiger charge is 2.50. The van der Waals surface area contributed by atoms with Crippen LogP contribution in [0.1, 0.15) is 11.1 Å². The second-order valence-electron chi connectivity index (χ2n) is 8.23. The van der Waals surface area contributed by atoms with Gasteiger partial charge in [-0.3, -0.25) is 14.6 Å². The van der Waals surface area contributed by atoms with Crippen LogP contribution >= 0.6 is 23.2 Å². The van der Waals surface area contributed by atoms with Crippen molar-refractivity contribution < 1.29 is 9.59 Å². The zero-order chi connectivity index (χ0) is 23.0. The Labute approximate surface area is 197 Å². The summed E-state index contributed by atoms with van der Waals surface area (Å²) in [5.41, 5.74) is 2.10. The van der Waals surface area contributed by atoms with E-state index in [0.717, 1.165) is 22.8 Å². The molecule has 4 rings (SSSR count). The number of carbonyl (C=O) groups excluding carboxylic acids is 2. The van der Waals surface area contributed by atoms with Gasteiger partial charge in [0.1, 0.15) is 5.84 Å². The van der Waals surface area contributed by atoms with Crippen molar-refractivity contribution in [2.24, 2.45) is 4.99 Å². The predicted octanol–water partition coefficient (Wildman–Crippen LogP) is 3.56. The average Bonchev–Trinajstić information content (AvgIpc) is 3.11. The highest BCUT2D eigenvalue weighted by Crippen LogP contribution is 2.30. The average molecular weight is 474 g/mol. The number of benzene rings is 2. The van der Waals surface area contributed by atoms with Gasteiger partial charge in [0.15, 0.2) is 12.2 Å². The summed E-state index contributed by atoms with van der Waals surface area (Å²) in [5.74, 6) is 0.496. The maximum Gasteiger partial charge on any atom is 0.328 e. The molecule has 2 aromatic carbocycles. The number of urea groups is 1. The molecule has 2 aromatic rings. The van der Waals surface area contributed by atoms with Crippen LogP contribution in [0.25, 0.3) is 0 Å². The first kappa shape index (κ1) is 22.6. The van der Waals surface area contributed by atoms with E-state index in [9.17, 15) is 9.59 Å². The summed E-state index contributed by atoms with van der Waals surface area (Å²) in [5, 5.41) is 0.934. The second kappa shape index (κ2) is 9.10. The highest BCUT2D eigenvalue weighted by molar-refractivity contribution is 6.42. The Bertz CT molecular complexity index is 1060. The first-order valence-electron chi connectivity index (χ1n) is 10.3. The molecular weight excluding hydrogens is 449 g/mol. The zero-order valence-corrected chi connectivity index (χ0v) is 19.7. The van der Waals surface area contributed by atoms with E-state index in [0.29, 0.717) is 23.1 Å². The van der Waals surface area contributed by atoms with E-state index in [-0.39, 0.29) is 11.9 Å². The lowest BCUT2D eigenvalue weighted by Crippen LogP contribution is -2.64. The lowest BCUT2D eigenvalue weighted by atomic mass is 10.1. The van der Waals surface area contributed by atoms with E-state index < -0.39 is 12.2 Å². The van der Waals surface area contributed by atoms with E-state index in [2.05, 4.69) is 17.0 Å². The van der Waals surface area contributed by atoms with Gasteiger partial charge in [-0.1, -0.05) is 59.6 Å². The lowest BCUT2D eigenvalue weighted by molar-refractivity contribution is -0.136. The number of imide groups is 1. The van der Waals surface area contributed by atoms with Crippen LogP contribution < -0.4 is 0 Å². The second-order valence-corrected chi connectivity index (χ2v) is 9.04. The fraction of sp³-hybridized carbons (Fsp3) is 0.348. The minimum atomic E-state index is -0.586. The van der Waals surface area contributed by atoms with Crippen molar-refractivity contribution in [3.05, 3.63) is 69.7 Å². The molecule has 0 spiro atoms. The van der Waals surface area contributed by atoms with Crippen molar-refractivity contribution in [3.63, 3.8) is 0 Å². The van der Waals surface area contributed by atoms with Crippen molar-refractivity contribution in [2.75, 3.05) is 27.7 Å². The fourth-order valence-electron chi connectivity index (χ4n) is 4.17. The van der Waals surface area contributed by atoms with Gasteiger partial charge >= 0.3 is 6.03 Å². The van der Waals surface area contributed by atoms with Gasteiger partial charge in [0.05, 0.1) is 16.6 Å². The van der Waals surface area contributed by atoms with Crippen molar-refractivity contribution in [3.8, 4) is 0 Å². The summed E-state index contributed by atoms with van der Waals surface area (Å²) in [7, 11) is 5.20. The van der Waals surface area contributed by atoms with Gasteiger partial charge in [-0.25, -0.2) is 9.79 Å². The number of amides is 3. The molecule has 2 unspecified atom stereocenters. The van der Waals surface area contributed by atoms with Gasteiger partial charge < -0.3 is 9.80 Å². The molecule has 0 radical (unpaired) electrons. The standard InChI is InChI=1S/C23H25Cl2N5O2/c1-27(12-15-7-5-4-6-8-15)14-19-26-21-20(22(31)29(3)23(32)28(21)2)30(19)13-16-9-10-17(24)18(25)11-16/h4-11,20-21H,12-14H2,1-3H3. The molecular formula is C23H25Cl2N5O2. The number of amidine groups is 1. The Morgan fingerprint density at radius 2 is 1.69 bits per heavy atom. The number of fused-ring (bicyclic) bond motifs is 1. The molecule has 0 N–H and O–H groups in total. The summed E-state index contributed by atoms with van der Waals surface area (Å²) in [6.45, 7) is 1.69. The Hall–Kier alpha value is -2.61. The third kappa shape index (κ3) is 4.33. The summed E-state index contributed by atoms with van der Waals surface area (Å²) in [4.78, 5) is 37.2. The first-order chi connectivity index (χ1) is 15.3. The molecule has 2 aliphatic heterocycles. The van der Waals surface area contributed by atoms with Gasteiger partial charge in [0.25, 0.3) is 5.91 Å². The van der Waals surface area contributed by atoms with E-state index >= 15 is 0 Å². The molecule has 1 saturated heterocycles. The van der Waals surface area contributed by atoms with Crippen molar-refractivity contribution >= 4 is 41.0 Å². The van der Waals surface area contributed by atoms with Crippen LogP contribution in [0.3, 0.4) is 0 Å². The molecule has 0 aromatic heterocycles. The number of hydrogen-bond donors (Lipinski definition) is 0. The van der Waals surface area contributed by atoms with Crippen LogP contribution in [0.2, 0.25) is 10.0 Å². The molecule has 2 aliphatic rings. The van der Waals surface area contributed by atoms with Crippen LogP contribution in [-0.4, -0.2) is 77.3 Å². The summed E-state index contributed by atoms with van der Waals surface area (Å²) < 4.78 is 0. The Morgan fingerprint density at radius 1 is 0.969 bits per heavy atom. The molecule has 7 nitrogen and oxygen atoms in total. The smallest absolute Gasteiger partial charge is 0.328 e. The highest BCUT2D eigenvalue weighted by atomic mass is 35.5. The van der Waals surface area contributed by atoms with E-state index in [4.69, 9.17) is 28.2 Å². The van der Waals surface area contributed by atoms with E-state index in [1.165, 1.54) is 17.5 Å². The summed E-state index contributed by atoms with van der Waals surface area (Å²) >= 11 is 12.3. The number of aliphatic imine (C=N–C) groups is 1. The Balaban J connectivity index is 1.62. The van der Waals surface area contributed by atoms with Gasteiger partial charge in [-0.15, -0.1) is 0 Å². The van der Waals surface area contributed by atoms with Gasteiger partial charge in [-0.2, -0.15) is 0 Å². The third-order valence-corrected chi connectivity index (χ3v) is 6.58. The molecule has 0 bridgehead atoms. The zero-order valence-electron chi connectivity index (χ0n) is 18.2. The monoisotopic (exact) mass is 473 g/mol. The minimum absolute atomic E-state index is 0.261. The fourth-order valence-corrected chi connectivity index (χ4v) is 4.49. The van der Waals surface area contributed by atoms with Crippen molar-refractivity contribution in [1.29, 1.82) is 0 Å².